The van der Waals surface area contributed by atoms with Gasteiger partial charge in [0.15, 0.2) is 0 Å². The summed E-state index contributed by atoms with van der Waals surface area (Å²) >= 11 is 3.56. The summed E-state index contributed by atoms with van der Waals surface area (Å²) in [5, 5.41) is 8.86. The van der Waals surface area contributed by atoms with E-state index in [0.717, 1.165) is 19.5 Å². The summed E-state index contributed by atoms with van der Waals surface area (Å²) in [5.41, 5.74) is 1.17. The minimum Gasteiger partial charge on any atom is -0.311 e. The Bertz CT molecular complexity index is 406. The fraction of sp³-hybridized carbons (Fsp3) is 0.417. The van der Waals surface area contributed by atoms with Crippen LogP contribution in [0.1, 0.15) is 28.9 Å². The lowest BCUT2D eigenvalue weighted by Gasteiger charge is -1.98. The van der Waals surface area contributed by atoms with Crippen molar-refractivity contribution in [2.45, 2.75) is 26.3 Å². The summed E-state index contributed by atoms with van der Waals surface area (Å²) < 4.78 is 0. The highest BCUT2D eigenvalue weighted by Crippen LogP contribution is 2.18. The normalized spacial score (nSPS) is 10.8. The van der Waals surface area contributed by atoms with Crippen LogP contribution < -0.4 is 5.32 Å². The van der Waals surface area contributed by atoms with E-state index in [9.17, 15) is 0 Å². The van der Waals surface area contributed by atoms with Gasteiger partial charge in [-0.15, -0.1) is 22.7 Å². The molecule has 0 bridgehead atoms. The molecule has 16 heavy (non-hydrogen) atoms. The Morgan fingerprint density at radius 3 is 3.06 bits per heavy atom. The van der Waals surface area contributed by atoms with Crippen molar-refractivity contribution in [3.05, 3.63) is 38.5 Å². The molecule has 0 unspecified atom stereocenters. The number of thiophene rings is 1. The average molecular weight is 252 g/mol. The van der Waals surface area contributed by atoms with Gasteiger partial charge in [-0.25, -0.2) is 4.98 Å². The molecule has 0 aliphatic carbocycles. The van der Waals surface area contributed by atoms with Gasteiger partial charge >= 0.3 is 0 Å². The molecule has 0 amide bonds. The first-order valence-corrected chi connectivity index (χ1v) is 7.31. The van der Waals surface area contributed by atoms with Gasteiger partial charge in [-0.1, -0.05) is 13.0 Å². The maximum absolute atomic E-state index is 4.62. The predicted octanol–water partition coefficient (Wildman–Crippen LogP) is 3.30. The largest absolute Gasteiger partial charge is 0.311 e. The van der Waals surface area contributed by atoms with Crippen LogP contribution in [-0.2, 0) is 13.0 Å². The zero-order chi connectivity index (χ0) is 11.2. The van der Waals surface area contributed by atoms with Gasteiger partial charge in [-0.3, -0.25) is 0 Å². The monoisotopic (exact) mass is 252 g/mol. The lowest BCUT2D eigenvalue weighted by atomic mass is 10.3. The topological polar surface area (TPSA) is 24.9 Å². The molecule has 0 atom stereocenters. The van der Waals surface area contributed by atoms with E-state index in [1.807, 2.05) is 0 Å². The Kier molecular flexibility index (Phi) is 4.51. The third-order valence-electron chi connectivity index (χ3n) is 2.24. The highest BCUT2D eigenvalue weighted by Gasteiger charge is 2.03. The number of hydrogen-bond acceptors (Lipinski definition) is 4. The second-order valence-corrected chi connectivity index (χ2v) is 5.64. The predicted molar refractivity (Wildman–Crippen MR) is 71.2 cm³/mol. The van der Waals surface area contributed by atoms with Crippen molar-refractivity contribution >= 4 is 22.7 Å². The van der Waals surface area contributed by atoms with Crippen LogP contribution >= 0.6 is 22.7 Å². The van der Waals surface area contributed by atoms with E-state index in [-0.39, 0.29) is 0 Å². The van der Waals surface area contributed by atoms with Gasteiger partial charge in [0.25, 0.3) is 0 Å². The second kappa shape index (κ2) is 6.13. The summed E-state index contributed by atoms with van der Waals surface area (Å²) in [6, 6.07) is 4.26. The van der Waals surface area contributed by atoms with E-state index < -0.39 is 0 Å². The van der Waals surface area contributed by atoms with Gasteiger partial charge in [0, 0.05) is 23.2 Å². The van der Waals surface area contributed by atoms with Crippen molar-refractivity contribution in [2.75, 3.05) is 6.54 Å². The summed E-state index contributed by atoms with van der Waals surface area (Å²) in [4.78, 5) is 6.01. The third-order valence-corrected chi connectivity index (χ3v) is 4.01. The summed E-state index contributed by atoms with van der Waals surface area (Å²) in [6.45, 7) is 4.14. The third kappa shape index (κ3) is 3.40. The molecule has 2 aromatic rings. The summed E-state index contributed by atoms with van der Waals surface area (Å²) in [7, 11) is 0. The number of aromatic nitrogens is 1. The highest BCUT2D eigenvalue weighted by molar-refractivity contribution is 7.11. The number of hydrogen-bond donors (Lipinski definition) is 1. The molecular weight excluding hydrogens is 236 g/mol. The Hall–Kier alpha value is -0.710. The minimum atomic E-state index is 0.898. The molecule has 4 heteroatoms. The highest BCUT2D eigenvalue weighted by atomic mass is 32.1. The molecule has 2 nitrogen and oxygen atoms in total. The molecule has 0 aliphatic heterocycles. The fourth-order valence-electron chi connectivity index (χ4n) is 1.47. The van der Waals surface area contributed by atoms with E-state index in [1.165, 1.54) is 22.0 Å². The Labute approximate surface area is 104 Å². The molecule has 0 spiro atoms. The van der Waals surface area contributed by atoms with Crippen LogP contribution in [0.4, 0.5) is 0 Å². The molecular formula is C12H16N2S2. The fourth-order valence-corrected chi connectivity index (χ4v) is 3.08. The number of nitrogens with one attached hydrogen (secondary N) is 1. The maximum atomic E-state index is 4.62. The molecule has 1 N–H and O–H groups in total. The SMILES string of the molecule is CCCNCc1csc(Cc2cccs2)n1. The smallest absolute Gasteiger partial charge is 0.0981 e. The van der Waals surface area contributed by atoms with Gasteiger partial charge in [0.05, 0.1) is 10.7 Å². The molecule has 2 aromatic heterocycles. The van der Waals surface area contributed by atoms with Crippen molar-refractivity contribution in [3.63, 3.8) is 0 Å². The first-order valence-electron chi connectivity index (χ1n) is 5.55. The summed E-state index contributed by atoms with van der Waals surface area (Å²) in [5.74, 6) is 0. The molecule has 0 radical (unpaired) electrons. The molecule has 0 saturated heterocycles. The lowest BCUT2D eigenvalue weighted by Crippen LogP contribution is -2.13. The van der Waals surface area contributed by atoms with Crippen LogP contribution in [0.15, 0.2) is 22.9 Å². The first kappa shape index (κ1) is 11.8. The van der Waals surface area contributed by atoms with E-state index in [0.29, 0.717) is 0 Å². The van der Waals surface area contributed by atoms with Gasteiger partial charge < -0.3 is 5.32 Å². The summed E-state index contributed by atoms with van der Waals surface area (Å²) in [6.07, 6.45) is 2.16. The number of nitrogens with zero attached hydrogens (tertiary/aromatic N) is 1. The number of rotatable bonds is 6. The zero-order valence-corrected chi connectivity index (χ0v) is 11.0. The zero-order valence-electron chi connectivity index (χ0n) is 9.40. The molecule has 0 aromatic carbocycles. The van der Waals surface area contributed by atoms with Crippen LogP contribution in [0.25, 0.3) is 0 Å². The van der Waals surface area contributed by atoms with Crippen molar-refractivity contribution in [2.24, 2.45) is 0 Å². The molecule has 0 fully saturated rings. The Morgan fingerprint density at radius 2 is 2.31 bits per heavy atom. The van der Waals surface area contributed by atoms with Crippen molar-refractivity contribution in [3.8, 4) is 0 Å². The average Bonchev–Trinajstić information content (AvgIpc) is 2.91. The van der Waals surface area contributed by atoms with Crippen LogP contribution in [0.3, 0.4) is 0 Å². The second-order valence-electron chi connectivity index (χ2n) is 3.67. The van der Waals surface area contributed by atoms with E-state index in [1.54, 1.807) is 22.7 Å². The molecule has 86 valence electrons. The maximum Gasteiger partial charge on any atom is 0.0981 e. The molecule has 2 rings (SSSR count). The first-order chi connectivity index (χ1) is 7.88. The van der Waals surface area contributed by atoms with Crippen molar-refractivity contribution in [1.82, 2.24) is 10.3 Å². The van der Waals surface area contributed by atoms with Crippen LogP contribution in [0, 0.1) is 0 Å². The van der Waals surface area contributed by atoms with E-state index in [2.05, 4.69) is 40.1 Å². The quantitative estimate of drug-likeness (QED) is 0.798. The molecule has 0 aliphatic rings. The van der Waals surface area contributed by atoms with E-state index >= 15 is 0 Å². The van der Waals surface area contributed by atoms with Gasteiger partial charge in [-0.2, -0.15) is 0 Å². The Morgan fingerprint density at radius 1 is 1.38 bits per heavy atom. The van der Waals surface area contributed by atoms with Crippen molar-refractivity contribution < 1.29 is 0 Å². The number of thiazole rings is 1. The van der Waals surface area contributed by atoms with E-state index in [4.69, 9.17) is 0 Å². The van der Waals surface area contributed by atoms with Crippen LogP contribution in [0.5, 0.6) is 0 Å². The van der Waals surface area contributed by atoms with Crippen LogP contribution in [-0.4, -0.2) is 11.5 Å². The van der Waals surface area contributed by atoms with Crippen LogP contribution in [0.2, 0.25) is 0 Å². The standard InChI is InChI=1S/C12H16N2S2/c1-2-5-13-8-10-9-16-12(14-10)7-11-4-3-6-15-11/h3-4,6,9,13H,2,5,7-8H2,1H3. The lowest BCUT2D eigenvalue weighted by molar-refractivity contribution is 0.665. The van der Waals surface area contributed by atoms with Gasteiger partial charge in [-0.05, 0) is 24.4 Å². The van der Waals surface area contributed by atoms with Gasteiger partial charge in [0.1, 0.15) is 0 Å². The Balaban J connectivity index is 1.87. The minimum absolute atomic E-state index is 0.898. The van der Waals surface area contributed by atoms with Gasteiger partial charge in [0.2, 0.25) is 0 Å². The molecule has 2 heterocycles. The molecule has 0 saturated carbocycles. The van der Waals surface area contributed by atoms with Crippen molar-refractivity contribution in [1.29, 1.82) is 0 Å².